The van der Waals surface area contributed by atoms with Crippen LogP contribution in [0, 0.1) is 13.8 Å². The Morgan fingerprint density at radius 2 is 1.84 bits per heavy atom. The number of nitrogens with one attached hydrogen (secondary N) is 1. The van der Waals surface area contributed by atoms with Crippen LogP contribution in [0.25, 0.3) is 44.6 Å². The minimum absolute atomic E-state index is 0.0144. The second-order valence-corrected chi connectivity index (χ2v) is 13.1. The van der Waals surface area contributed by atoms with Gasteiger partial charge in [-0.1, -0.05) is 35.9 Å². The van der Waals surface area contributed by atoms with E-state index in [-0.39, 0.29) is 12.5 Å². The third kappa shape index (κ3) is 6.67. The number of oxazole rings is 1. The first kappa shape index (κ1) is 32.5. The van der Waals surface area contributed by atoms with Crippen molar-refractivity contribution in [2.75, 3.05) is 36.9 Å². The van der Waals surface area contributed by atoms with Crippen LogP contribution >= 0.6 is 11.6 Å². The van der Waals surface area contributed by atoms with Gasteiger partial charge >= 0.3 is 5.97 Å². The van der Waals surface area contributed by atoms with Gasteiger partial charge in [-0.3, -0.25) is 14.7 Å². The van der Waals surface area contributed by atoms with Crippen molar-refractivity contribution in [2.24, 2.45) is 0 Å². The summed E-state index contributed by atoms with van der Waals surface area (Å²) < 4.78 is 6.22. The third-order valence-electron chi connectivity index (χ3n) is 9.28. The first-order valence-corrected chi connectivity index (χ1v) is 16.7. The number of anilines is 3. The summed E-state index contributed by atoms with van der Waals surface area (Å²) in [4.78, 5) is 29.4. The number of benzene rings is 3. The van der Waals surface area contributed by atoms with Gasteiger partial charge in [0.2, 0.25) is 5.89 Å². The summed E-state index contributed by atoms with van der Waals surface area (Å²) in [5.41, 5.74) is 9.69. The lowest BCUT2D eigenvalue weighted by Gasteiger charge is -2.18. The summed E-state index contributed by atoms with van der Waals surface area (Å²) in [5.74, 6) is 0.282. The molecule has 250 valence electrons. The molecule has 49 heavy (non-hydrogen) atoms. The first-order chi connectivity index (χ1) is 23.6. The number of rotatable bonds is 10. The second-order valence-electron chi connectivity index (χ2n) is 12.7. The molecule has 0 saturated carbocycles. The van der Waals surface area contributed by atoms with Gasteiger partial charge in [0.25, 0.3) is 0 Å². The highest BCUT2D eigenvalue weighted by atomic mass is 35.5. The first-order valence-electron chi connectivity index (χ1n) is 16.3. The standard InChI is InChI=1S/C38H37ClN6O4/c1-22-28(6-4-8-30(22)38-43-33-18-26(17-31(39)36(33)49-38)44(3)14-12-34(47)48)29-7-5-9-32(23(29)2)42-37-35-25(10-13-40-37)16-24(19-41-35)20-45-15-11-27(46)21-45/h4-10,13,16-19,27,46H,11-12,14-15,20-21H2,1-3H3,(H,40,42)(H,47,48). The zero-order valence-electron chi connectivity index (χ0n) is 27.6. The zero-order valence-corrected chi connectivity index (χ0v) is 28.3. The summed E-state index contributed by atoms with van der Waals surface area (Å²) in [5, 5.41) is 24.0. The molecule has 10 nitrogen and oxygen atoms in total. The van der Waals surface area contributed by atoms with Gasteiger partial charge in [-0.25, -0.2) is 9.97 Å². The number of carboxylic acid groups (broad SMARTS) is 1. The Morgan fingerprint density at radius 3 is 2.61 bits per heavy atom. The molecule has 3 N–H and O–H groups in total. The lowest BCUT2D eigenvalue weighted by atomic mass is 9.93. The molecule has 3 aromatic carbocycles. The van der Waals surface area contributed by atoms with Gasteiger partial charge in [0, 0.05) is 67.9 Å². The molecule has 0 bridgehead atoms. The molecule has 1 aliphatic rings. The molecule has 6 aromatic rings. The molecule has 0 amide bonds. The molecule has 3 aromatic heterocycles. The number of aliphatic hydroxyl groups excluding tert-OH is 1. The number of fused-ring (bicyclic) bond motifs is 2. The van der Waals surface area contributed by atoms with Crippen LogP contribution in [0.5, 0.6) is 0 Å². The maximum atomic E-state index is 11.1. The van der Waals surface area contributed by atoms with E-state index in [0.29, 0.717) is 40.9 Å². The van der Waals surface area contributed by atoms with Crippen molar-refractivity contribution in [3.63, 3.8) is 0 Å². The van der Waals surface area contributed by atoms with Crippen LogP contribution in [0.15, 0.2) is 77.5 Å². The van der Waals surface area contributed by atoms with E-state index >= 15 is 0 Å². The van der Waals surface area contributed by atoms with Crippen LogP contribution in [-0.2, 0) is 11.3 Å². The normalized spacial score (nSPS) is 14.9. The van der Waals surface area contributed by atoms with E-state index in [1.165, 1.54) is 0 Å². The summed E-state index contributed by atoms with van der Waals surface area (Å²) in [6.45, 7) is 6.83. The number of hydrogen-bond acceptors (Lipinski definition) is 9. The maximum absolute atomic E-state index is 11.1. The number of carbonyl (C=O) groups is 1. The topological polar surface area (TPSA) is 128 Å². The van der Waals surface area contributed by atoms with Gasteiger partial charge in [-0.05, 0) is 84.5 Å². The number of pyridine rings is 2. The number of β-amino-alcohol motifs (C(OH)–C–C–N with tert-alkyl or cyclic N) is 1. The van der Waals surface area contributed by atoms with Gasteiger partial charge in [0.1, 0.15) is 11.0 Å². The number of carboxylic acids is 1. The third-order valence-corrected chi connectivity index (χ3v) is 9.56. The van der Waals surface area contributed by atoms with Crippen LogP contribution in [-0.4, -0.2) is 68.8 Å². The molecule has 4 heterocycles. The Morgan fingerprint density at radius 1 is 1.06 bits per heavy atom. The monoisotopic (exact) mass is 676 g/mol. The highest BCUT2D eigenvalue weighted by Gasteiger charge is 2.21. The number of aliphatic carboxylic acids is 1. The number of aliphatic hydroxyl groups is 1. The Balaban J connectivity index is 1.17. The molecule has 11 heteroatoms. The lowest BCUT2D eigenvalue weighted by molar-refractivity contribution is -0.136. The Kier molecular flexibility index (Phi) is 8.94. The number of hydrogen-bond donors (Lipinski definition) is 3. The van der Waals surface area contributed by atoms with Crippen molar-refractivity contribution in [3.05, 3.63) is 94.8 Å². The zero-order chi connectivity index (χ0) is 34.2. The number of likely N-dealkylation sites (tertiary alicyclic amines) is 1. The van der Waals surface area contributed by atoms with Crippen LogP contribution in [0.4, 0.5) is 17.2 Å². The van der Waals surface area contributed by atoms with Crippen molar-refractivity contribution in [2.45, 2.75) is 39.3 Å². The molecular formula is C38H37ClN6O4. The fraction of sp³-hybridized carbons (Fsp3) is 0.263. The smallest absolute Gasteiger partial charge is 0.305 e. The van der Waals surface area contributed by atoms with Crippen molar-refractivity contribution < 1.29 is 19.4 Å². The number of halogens is 1. The van der Waals surface area contributed by atoms with E-state index in [0.717, 1.165) is 75.2 Å². The van der Waals surface area contributed by atoms with Gasteiger partial charge in [-0.2, -0.15) is 0 Å². The molecule has 1 fully saturated rings. The molecule has 0 radical (unpaired) electrons. The average molecular weight is 677 g/mol. The molecule has 7 rings (SSSR count). The quantitative estimate of drug-likeness (QED) is 0.133. The van der Waals surface area contributed by atoms with E-state index in [2.05, 4.69) is 47.2 Å². The van der Waals surface area contributed by atoms with E-state index in [1.807, 2.05) is 54.5 Å². The fourth-order valence-corrected chi connectivity index (χ4v) is 6.80. The summed E-state index contributed by atoms with van der Waals surface area (Å²) in [6.07, 6.45) is 4.27. The Hall–Kier alpha value is -5.03. The van der Waals surface area contributed by atoms with Gasteiger partial charge < -0.3 is 24.8 Å². The molecule has 0 spiro atoms. The van der Waals surface area contributed by atoms with E-state index in [1.54, 1.807) is 12.3 Å². The van der Waals surface area contributed by atoms with Crippen LogP contribution < -0.4 is 10.2 Å². The number of nitrogens with zero attached hydrogens (tertiary/aromatic N) is 5. The Bertz CT molecular complexity index is 2200. The highest BCUT2D eigenvalue weighted by Crippen LogP contribution is 2.39. The minimum atomic E-state index is -0.859. The van der Waals surface area contributed by atoms with Crippen LogP contribution in [0.1, 0.15) is 29.5 Å². The predicted octanol–water partition coefficient (Wildman–Crippen LogP) is 7.60. The lowest BCUT2D eigenvalue weighted by Crippen LogP contribution is -2.21. The summed E-state index contributed by atoms with van der Waals surface area (Å²) >= 11 is 6.62. The molecule has 1 saturated heterocycles. The molecule has 0 aliphatic carbocycles. The fourth-order valence-electron chi connectivity index (χ4n) is 6.55. The average Bonchev–Trinajstić information content (AvgIpc) is 3.71. The van der Waals surface area contributed by atoms with E-state index in [4.69, 9.17) is 31.1 Å². The predicted molar refractivity (Wildman–Crippen MR) is 194 cm³/mol. The van der Waals surface area contributed by atoms with Gasteiger partial charge in [0.15, 0.2) is 11.4 Å². The largest absolute Gasteiger partial charge is 0.481 e. The minimum Gasteiger partial charge on any atom is -0.481 e. The number of aromatic nitrogens is 3. The van der Waals surface area contributed by atoms with Crippen molar-refractivity contribution in [3.8, 4) is 22.6 Å². The molecule has 1 aliphatic heterocycles. The maximum Gasteiger partial charge on any atom is 0.305 e. The van der Waals surface area contributed by atoms with Crippen LogP contribution in [0.2, 0.25) is 5.02 Å². The van der Waals surface area contributed by atoms with Crippen molar-refractivity contribution >= 4 is 56.8 Å². The summed E-state index contributed by atoms with van der Waals surface area (Å²) in [6, 6.07) is 20.0. The highest BCUT2D eigenvalue weighted by molar-refractivity contribution is 6.35. The second kappa shape index (κ2) is 13.5. The molecule has 1 atom stereocenters. The SMILES string of the molecule is Cc1c(Nc2nccc3cc(CN4CCC(O)C4)cnc23)cccc1-c1cccc(-c2nc3cc(N(C)CCC(=O)O)cc(Cl)c3o2)c1C. The Labute approximate surface area is 289 Å². The van der Waals surface area contributed by atoms with Crippen LogP contribution in [0.3, 0.4) is 0 Å². The van der Waals surface area contributed by atoms with E-state index < -0.39 is 5.97 Å². The molecule has 1 unspecified atom stereocenters. The van der Waals surface area contributed by atoms with Gasteiger partial charge in [-0.15, -0.1) is 0 Å². The van der Waals surface area contributed by atoms with Crippen molar-refractivity contribution in [1.29, 1.82) is 0 Å². The molecular weight excluding hydrogens is 640 g/mol. The summed E-state index contributed by atoms with van der Waals surface area (Å²) in [7, 11) is 1.83. The van der Waals surface area contributed by atoms with Gasteiger partial charge in [0.05, 0.1) is 17.5 Å². The van der Waals surface area contributed by atoms with Crippen molar-refractivity contribution in [1.82, 2.24) is 19.9 Å². The van der Waals surface area contributed by atoms with E-state index in [9.17, 15) is 9.90 Å².